The first-order valence-corrected chi connectivity index (χ1v) is 8.21. The van der Waals surface area contributed by atoms with Gasteiger partial charge in [-0.25, -0.2) is 9.97 Å². The molecule has 118 valence electrons. The van der Waals surface area contributed by atoms with Crippen LogP contribution in [0.3, 0.4) is 0 Å². The number of rotatable bonds is 6. The Morgan fingerprint density at radius 1 is 1.29 bits per heavy atom. The van der Waals surface area contributed by atoms with E-state index in [2.05, 4.69) is 62.8 Å². The minimum absolute atomic E-state index is 0.0345. The molecular weight excluding hydrogens is 260 g/mol. The van der Waals surface area contributed by atoms with Gasteiger partial charge in [0.15, 0.2) is 0 Å². The van der Waals surface area contributed by atoms with Gasteiger partial charge >= 0.3 is 0 Å². The lowest BCUT2D eigenvalue weighted by Crippen LogP contribution is -2.32. The molecule has 1 heterocycles. The number of hydrogen-bond acceptors (Lipinski definition) is 4. The molecular formula is C17H30N4. The number of anilines is 2. The molecule has 1 aliphatic carbocycles. The molecule has 1 N–H and O–H groups in total. The largest absolute Gasteiger partial charge is 0.370 e. The molecule has 1 fully saturated rings. The van der Waals surface area contributed by atoms with E-state index in [9.17, 15) is 0 Å². The first-order valence-electron chi connectivity index (χ1n) is 8.21. The zero-order valence-electron chi connectivity index (χ0n) is 14.4. The highest BCUT2D eigenvalue weighted by Crippen LogP contribution is 2.33. The highest BCUT2D eigenvalue weighted by atomic mass is 15.2. The zero-order valence-corrected chi connectivity index (χ0v) is 14.4. The predicted molar refractivity (Wildman–Crippen MR) is 90.1 cm³/mol. The number of hydrogen-bond donors (Lipinski definition) is 1. The molecule has 0 saturated heterocycles. The molecule has 0 aliphatic heterocycles. The molecule has 0 spiro atoms. The highest BCUT2D eigenvalue weighted by molar-refractivity contribution is 5.51. The second kappa shape index (κ2) is 6.20. The molecule has 4 nitrogen and oxygen atoms in total. The zero-order chi connectivity index (χ0) is 15.6. The summed E-state index contributed by atoms with van der Waals surface area (Å²) in [5.74, 6) is 3.59. The molecule has 0 radical (unpaired) electrons. The van der Waals surface area contributed by atoms with E-state index in [1.807, 2.05) is 0 Å². The Kier molecular flexibility index (Phi) is 4.74. The minimum Gasteiger partial charge on any atom is -0.370 e. The Morgan fingerprint density at radius 3 is 2.43 bits per heavy atom. The van der Waals surface area contributed by atoms with Gasteiger partial charge in [0.1, 0.15) is 17.5 Å². The van der Waals surface area contributed by atoms with Gasteiger partial charge in [-0.1, -0.05) is 34.6 Å². The van der Waals surface area contributed by atoms with Crippen molar-refractivity contribution in [3.8, 4) is 0 Å². The van der Waals surface area contributed by atoms with Crippen molar-refractivity contribution in [3.63, 3.8) is 0 Å². The SMILES string of the molecule is CCNc1cc(N(CC(C)C)C2CC2)nc(C(C)(C)C)n1. The van der Waals surface area contributed by atoms with Crippen molar-refractivity contribution in [2.24, 2.45) is 5.92 Å². The van der Waals surface area contributed by atoms with Crippen molar-refractivity contribution in [2.75, 3.05) is 23.3 Å². The van der Waals surface area contributed by atoms with Crippen molar-refractivity contribution in [3.05, 3.63) is 11.9 Å². The van der Waals surface area contributed by atoms with Crippen LogP contribution < -0.4 is 10.2 Å². The van der Waals surface area contributed by atoms with Crippen molar-refractivity contribution >= 4 is 11.6 Å². The summed E-state index contributed by atoms with van der Waals surface area (Å²) in [5.41, 5.74) is -0.0345. The second-order valence-electron chi connectivity index (χ2n) is 7.49. The smallest absolute Gasteiger partial charge is 0.138 e. The lowest BCUT2D eigenvalue weighted by Gasteiger charge is -2.28. The van der Waals surface area contributed by atoms with Crippen LogP contribution in [0.1, 0.15) is 60.2 Å². The maximum absolute atomic E-state index is 4.88. The molecule has 0 unspecified atom stereocenters. The van der Waals surface area contributed by atoms with E-state index in [4.69, 9.17) is 4.98 Å². The van der Waals surface area contributed by atoms with Gasteiger partial charge in [0.2, 0.25) is 0 Å². The number of nitrogens with zero attached hydrogens (tertiary/aromatic N) is 3. The van der Waals surface area contributed by atoms with Gasteiger partial charge in [-0.2, -0.15) is 0 Å². The number of aromatic nitrogens is 2. The summed E-state index contributed by atoms with van der Waals surface area (Å²) >= 11 is 0. The van der Waals surface area contributed by atoms with Gasteiger partial charge in [0.05, 0.1) is 0 Å². The van der Waals surface area contributed by atoms with Crippen LogP contribution in [0, 0.1) is 5.92 Å². The Hall–Kier alpha value is -1.32. The molecule has 1 aliphatic rings. The fourth-order valence-corrected chi connectivity index (χ4v) is 2.40. The fourth-order valence-electron chi connectivity index (χ4n) is 2.40. The van der Waals surface area contributed by atoms with Crippen molar-refractivity contribution in [1.82, 2.24) is 9.97 Å². The minimum atomic E-state index is -0.0345. The van der Waals surface area contributed by atoms with E-state index in [-0.39, 0.29) is 5.41 Å². The van der Waals surface area contributed by atoms with E-state index in [1.54, 1.807) is 0 Å². The van der Waals surface area contributed by atoms with Crippen molar-refractivity contribution < 1.29 is 0 Å². The van der Waals surface area contributed by atoms with E-state index < -0.39 is 0 Å². The average molecular weight is 290 g/mol. The van der Waals surface area contributed by atoms with Gasteiger partial charge in [0.25, 0.3) is 0 Å². The highest BCUT2D eigenvalue weighted by Gasteiger charge is 2.31. The Balaban J connectivity index is 2.37. The summed E-state index contributed by atoms with van der Waals surface area (Å²) in [5, 5.41) is 3.35. The lowest BCUT2D eigenvalue weighted by molar-refractivity contribution is 0.540. The summed E-state index contributed by atoms with van der Waals surface area (Å²) < 4.78 is 0. The first-order chi connectivity index (χ1) is 9.81. The van der Waals surface area contributed by atoms with Crippen LogP contribution >= 0.6 is 0 Å². The van der Waals surface area contributed by atoms with Crippen LogP contribution in [-0.2, 0) is 5.41 Å². The molecule has 4 heteroatoms. The molecule has 0 bridgehead atoms. The normalized spacial score (nSPS) is 15.4. The second-order valence-corrected chi connectivity index (χ2v) is 7.49. The van der Waals surface area contributed by atoms with Crippen molar-refractivity contribution in [2.45, 2.75) is 65.8 Å². The third kappa shape index (κ3) is 4.32. The molecule has 2 rings (SSSR count). The first kappa shape index (κ1) is 16.1. The lowest BCUT2D eigenvalue weighted by atomic mass is 9.95. The van der Waals surface area contributed by atoms with E-state index in [0.29, 0.717) is 12.0 Å². The maximum atomic E-state index is 4.88. The quantitative estimate of drug-likeness (QED) is 0.864. The maximum Gasteiger partial charge on any atom is 0.138 e. The van der Waals surface area contributed by atoms with Crippen LogP contribution in [0.5, 0.6) is 0 Å². The van der Waals surface area contributed by atoms with Crippen LogP contribution in [0.15, 0.2) is 6.07 Å². The molecule has 0 amide bonds. The monoisotopic (exact) mass is 290 g/mol. The summed E-state index contributed by atoms with van der Waals surface area (Å²) in [4.78, 5) is 12.0. The van der Waals surface area contributed by atoms with Crippen LogP contribution in [-0.4, -0.2) is 29.1 Å². The summed E-state index contributed by atoms with van der Waals surface area (Å²) in [6.45, 7) is 15.1. The van der Waals surface area contributed by atoms with Gasteiger partial charge < -0.3 is 10.2 Å². The molecule has 1 aromatic heterocycles. The fraction of sp³-hybridized carbons (Fsp3) is 0.765. The molecule has 1 aromatic rings. The number of nitrogens with one attached hydrogen (secondary N) is 1. The Labute approximate surface area is 129 Å². The van der Waals surface area contributed by atoms with Crippen LogP contribution in [0.2, 0.25) is 0 Å². The van der Waals surface area contributed by atoms with Gasteiger partial charge in [-0.3, -0.25) is 0 Å². The molecule has 21 heavy (non-hydrogen) atoms. The van der Waals surface area contributed by atoms with E-state index in [0.717, 1.165) is 30.5 Å². The third-order valence-corrected chi connectivity index (χ3v) is 3.59. The molecule has 0 aromatic carbocycles. The van der Waals surface area contributed by atoms with E-state index in [1.165, 1.54) is 12.8 Å². The van der Waals surface area contributed by atoms with Crippen LogP contribution in [0.25, 0.3) is 0 Å². The molecule has 0 atom stereocenters. The topological polar surface area (TPSA) is 41.0 Å². The Morgan fingerprint density at radius 2 is 1.95 bits per heavy atom. The van der Waals surface area contributed by atoms with Gasteiger partial charge in [-0.05, 0) is 25.7 Å². The average Bonchev–Trinajstić information content (AvgIpc) is 3.19. The van der Waals surface area contributed by atoms with Gasteiger partial charge in [0, 0.05) is 30.6 Å². The third-order valence-electron chi connectivity index (χ3n) is 3.59. The van der Waals surface area contributed by atoms with E-state index >= 15 is 0 Å². The predicted octanol–water partition coefficient (Wildman–Crippen LogP) is 3.83. The van der Waals surface area contributed by atoms with Crippen LogP contribution in [0.4, 0.5) is 11.6 Å². The summed E-state index contributed by atoms with van der Waals surface area (Å²) in [6.07, 6.45) is 2.58. The standard InChI is InChI=1S/C17H30N4/c1-7-18-14-10-15(20-16(19-14)17(4,5)6)21(11-12(2)3)13-8-9-13/h10,12-13H,7-9,11H2,1-6H3,(H,18,19,20). The summed E-state index contributed by atoms with van der Waals surface area (Å²) in [7, 11) is 0. The van der Waals surface area contributed by atoms with Gasteiger partial charge in [-0.15, -0.1) is 0 Å². The van der Waals surface area contributed by atoms with Crippen molar-refractivity contribution in [1.29, 1.82) is 0 Å². The summed E-state index contributed by atoms with van der Waals surface area (Å²) in [6, 6.07) is 2.78. The molecule has 1 saturated carbocycles. The Bertz CT molecular complexity index is 472.